The minimum Gasteiger partial charge on any atom is -0.398 e. The van der Waals surface area contributed by atoms with Gasteiger partial charge in [-0.05, 0) is 24.5 Å². The standard InChI is InChI=1S/C17H15NO2/c1-3-10-8-9(2)13-14(15(10)18)17(20)12-7-5-4-6-11(12)16(13)19/h4-8H,3,18H2,1-2H3. The Labute approximate surface area is 117 Å². The number of rotatable bonds is 1. The summed E-state index contributed by atoms with van der Waals surface area (Å²) in [6.45, 7) is 3.84. The average molecular weight is 265 g/mol. The van der Waals surface area contributed by atoms with Gasteiger partial charge in [0.05, 0.1) is 5.56 Å². The van der Waals surface area contributed by atoms with Crippen molar-refractivity contribution < 1.29 is 9.59 Å². The molecule has 0 saturated carbocycles. The molecule has 0 bridgehead atoms. The number of carbonyl (C=O) groups excluding carboxylic acids is 2. The summed E-state index contributed by atoms with van der Waals surface area (Å²) in [7, 11) is 0. The number of ketones is 2. The lowest BCUT2D eigenvalue weighted by atomic mass is 9.80. The molecule has 0 radical (unpaired) electrons. The predicted molar refractivity (Wildman–Crippen MR) is 78.3 cm³/mol. The molecule has 100 valence electrons. The Morgan fingerprint density at radius 2 is 1.55 bits per heavy atom. The fraction of sp³-hybridized carbons (Fsp3) is 0.176. The molecule has 0 heterocycles. The van der Waals surface area contributed by atoms with Crippen LogP contribution in [0.3, 0.4) is 0 Å². The van der Waals surface area contributed by atoms with E-state index < -0.39 is 0 Å². The molecular weight excluding hydrogens is 250 g/mol. The van der Waals surface area contributed by atoms with E-state index in [4.69, 9.17) is 5.73 Å². The van der Waals surface area contributed by atoms with Crippen LogP contribution in [0, 0.1) is 6.92 Å². The van der Waals surface area contributed by atoms with Crippen LogP contribution in [0.5, 0.6) is 0 Å². The maximum Gasteiger partial charge on any atom is 0.196 e. The van der Waals surface area contributed by atoms with E-state index in [2.05, 4.69) is 0 Å². The van der Waals surface area contributed by atoms with Crippen LogP contribution in [0.15, 0.2) is 30.3 Å². The molecule has 2 N–H and O–H groups in total. The zero-order valence-corrected chi connectivity index (χ0v) is 11.5. The molecule has 0 atom stereocenters. The smallest absolute Gasteiger partial charge is 0.196 e. The van der Waals surface area contributed by atoms with Crippen molar-refractivity contribution in [2.24, 2.45) is 0 Å². The third kappa shape index (κ3) is 1.53. The van der Waals surface area contributed by atoms with E-state index in [0.717, 1.165) is 17.5 Å². The van der Waals surface area contributed by atoms with E-state index in [1.165, 1.54) is 0 Å². The van der Waals surface area contributed by atoms with E-state index in [0.29, 0.717) is 27.9 Å². The maximum absolute atomic E-state index is 12.7. The summed E-state index contributed by atoms with van der Waals surface area (Å²) in [6, 6.07) is 8.83. The van der Waals surface area contributed by atoms with Crippen LogP contribution in [0.1, 0.15) is 49.9 Å². The van der Waals surface area contributed by atoms with Gasteiger partial charge in [-0.15, -0.1) is 0 Å². The number of fused-ring (bicyclic) bond motifs is 2. The minimum atomic E-state index is -0.147. The lowest BCUT2D eigenvalue weighted by Crippen LogP contribution is -2.24. The van der Waals surface area contributed by atoms with E-state index >= 15 is 0 Å². The molecule has 0 spiro atoms. The predicted octanol–water partition coefficient (Wildman–Crippen LogP) is 2.92. The fourth-order valence-electron chi connectivity index (χ4n) is 2.87. The van der Waals surface area contributed by atoms with Gasteiger partial charge in [0.15, 0.2) is 11.6 Å². The summed E-state index contributed by atoms with van der Waals surface area (Å²) in [5, 5.41) is 0. The van der Waals surface area contributed by atoms with Gasteiger partial charge in [0, 0.05) is 22.4 Å². The molecule has 0 aromatic heterocycles. The summed E-state index contributed by atoms with van der Waals surface area (Å²) in [4.78, 5) is 25.3. The fourth-order valence-corrected chi connectivity index (χ4v) is 2.87. The zero-order valence-electron chi connectivity index (χ0n) is 11.5. The monoisotopic (exact) mass is 265 g/mol. The third-order valence-electron chi connectivity index (χ3n) is 3.90. The van der Waals surface area contributed by atoms with Gasteiger partial charge in [-0.3, -0.25) is 9.59 Å². The Bertz CT molecular complexity index is 760. The number of hydrogen-bond donors (Lipinski definition) is 1. The number of nitrogen functional groups attached to an aromatic ring is 1. The van der Waals surface area contributed by atoms with Crippen LogP contribution < -0.4 is 5.73 Å². The lowest BCUT2D eigenvalue weighted by molar-refractivity contribution is 0.0979. The van der Waals surface area contributed by atoms with Crippen molar-refractivity contribution >= 4 is 17.3 Å². The van der Waals surface area contributed by atoms with Crippen molar-refractivity contribution in [3.63, 3.8) is 0 Å². The summed E-state index contributed by atoms with van der Waals surface area (Å²) >= 11 is 0. The van der Waals surface area contributed by atoms with Crippen LogP contribution in [-0.4, -0.2) is 11.6 Å². The van der Waals surface area contributed by atoms with Crippen molar-refractivity contribution in [1.29, 1.82) is 0 Å². The number of aryl methyl sites for hydroxylation is 2. The molecule has 2 aromatic rings. The van der Waals surface area contributed by atoms with Gasteiger partial charge >= 0.3 is 0 Å². The van der Waals surface area contributed by atoms with Crippen LogP contribution in [0.4, 0.5) is 5.69 Å². The second-order valence-electron chi connectivity index (χ2n) is 5.07. The van der Waals surface area contributed by atoms with Crippen LogP contribution in [-0.2, 0) is 6.42 Å². The topological polar surface area (TPSA) is 60.2 Å². The molecule has 2 aromatic carbocycles. The van der Waals surface area contributed by atoms with Crippen LogP contribution in [0.25, 0.3) is 0 Å². The number of anilines is 1. The van der Waals surface area contributed by atoms with E-state index in [-0.39, 0.29) is 11.6 Å². The van der Waals surface area contributed by atoms with Gasteiger partial charge in [-0.25, -0.2) is 0 Å². The van der Waals surface area contributed by atoms with E-state index in [1.54, 1.807) is 24.3 Å². The Morgan fingerprint density at radius 3 is 2.10 bits per heavy atom. The Morgan fingerprint density at radius 1 is 1.00 bits per heavy atom. The van der Waals surface area contributed by atoms with Crippen molar-refractivity contribution in [3.05, 3.63) is 63.7 Å². The van der Waals surface area contributed by atoms with Gasteiger partial charge in [-0.1, -0.05) is 37.3 Å². The van der Waals surface area contributed by atoms with E-state index in [1.807, 2.05) is 19.9 Å². The SMILES string of the molecule is CCc1cc(C)c2c(c1N)C(=O)c1ccccc1C2=O. The first-order valence-corrected chi connectivity index (χ1v) is 6.66. The molecule has 0 unspecified atom stereocenters. The quantitative estimate of drug-likeness (QED) is 0.688. The van der Waals surface area contributed by atoms with Crippen molar-refractivity contribution in [2.75, 3.05) is 5.73 Å². The maximum atomic E-state index is 12.7. The number of benzene rings is 2. The Hall–Kier alpha value is -2.42. The lowest BCUT2D eigenvalue weighted by Gasteiger charge is -2.22. The normalized spacial score (nSPS) is 13.1. The molecular formula is C17H15NO2. The highest BCUT2D eigenvalue weighted by molar-refractivity contribution is 6.30. The third-order valence-corrected chi connectivity index (χ3v) is 3.90. The first-order valence-electron chi connectivity index (χ1n) is 6.66. The summed E-state index contributed by atoms with van der Waals surface area (Å²) < 4.78 is 0. The Kier molecular flexibility index (Phi) is 2.71. The Balaban J connectivity index is 2.39. The van der Waals surface area contributed by atoms with Gasteiger partial charge in [0.2, 0.25) is 0 Å². The summed E-state index contributed by atoms with van der Waals surface area (Å²) in [5.74, 6) is -0.256. The molecule has 0 aliphatic heterocycles. The second-order valence-corrected chi connectivity index (χ2v) is 5.07. The summed E-state index contributed by atoms with van der Waals surface area (Å²) in [5.41, 5.74) is 10.1. The van der Waals surface area contributed by atoms with E-state index in [9.17, 15) is 9.59 Å². The largest absolute Gasteiger partial charge is 0.398 e. The highest BCUT2D eigenvalue weighted by Crippen LogP contribution is 2.34. The minimum absolute atomic E-state index is 0.109. The van der Waals surface area contributed by atoms with Crippen molar-refractivity contribution in [1.82, 2.24) is 0 Å². The summed E-state index contributed by atoms with van der Waals surface area (Å²) in [6.07, 6.45) is 0.739. The first kappa shape index (κ1) is 12.6. The van der Waals surface area contributed by atoms with Crippen LogP contribution in [0.2, 0.25) is 0 Å². The second kappa shape index (κ2) is 4.30. The molecule has 0 saturated heterocycles. The molecule has 3 nitrogen and oxygen atoms in total. The van der Waals surface area contributed by atoms with Crippen molar-refractivity contribution in [3.8, 4) is 0 Å². The molecule has 3 rings (SSSR count). The molecule has 0 fully saturated rings. The highest BCUT2D eigenvalue weighted by atomic mass is 16.1. The van der Waals surface area contributed by atoms with Crippen molar-refractivity contribution in [2.45, 2.75) is 20.3 Å². The molecule has 1 aliphatic carbocycles. The average Bonchev–Trinajstić information content (AvgIpc) is 2.46. The molecule has 3 heteroatoms. The zero-order chi connectivity index (χ0) is 14.4. The molecule has 20 heavy (non-hydrogen) atoms. The number of hydrogen-bond acceptors (Lipinski definition) is 3. The van der Waals surface area contributed by atoms with Crippen LogP contribution >= 0.6 is 0 Å². The molecule has 1 aliphatic rings. The first-order chi connectivity index (χ1) is 9.56. The van der Waals surface area contributed by atoms with Gasteiger partial charge < -0.3 is 5.73 Å². The molecule has 0 amide bonds. The van der Waals surface area contributed by atoms with Gasteiger partial charge in [0.25, 0.3) is 0 Å². The number of nitrogens with two attached hydrogens (primary N) is 1. The highest BCUT2D eigenvalue weighted by Gasteiger charge is 2.33. The van der Waals surface area contributed by atoms with Gasteiger partial charge in [0.1, 0.15) is 0 Å². The van der Waals surface area contributed by atoms with Gasteiger partial charge in [-0.2, -0.15) is 0 Å². The number of carbonyl (C=O) groups is 2.